The highest BCUT2D eigenvalue weighted by Crippen LogP contribution is 2.46. The van der Waals surface area contributed by atoms with Gasteiger partial charge in [0, 0.05) is 0 Å². The first kappa shape index (κ1) is 18.1. The number of hydrogen-bond acceptors (Lipinski definition) is 3. The monoisotopic (exact) mass is 302 g/mol. The molecule has 0 spiro atoms. The van der Waals surface area contributed by atoms with Gasteiger partial charge in [0.2, 0.25) is 0 Å². The minimum atomic E-state index is -1.88. The number of rotatable bonds is 8. The second-order valence-corrected chi connectivity index (χ2v) is 13.2. The van der Waals surface area contributed by atoms with E-state index in [1.165, 1.54) is 0 Å². The molecule has 1 aliphatic rings. The summed E-state index contributed by atoms with van der Waals surface area (Å²) in [7, 11) is -1.88. The zero-order chi connectivity index (χ0) is 15.7. The molecular formula is C16H34O3Si. The van der Waals surface area contributed by atoms with Gasteiger partial charge in [-0.05, 0) is 42.3 Å². The maximum absolute atomic E-state index is 10.2. The second-order valence-electron chi connectivity index (χ2n) is 7.78. The minimum absolute atomic E-state index is 0.245. The van der Waals surface area contributed by atoms with Gasteiger partial charge in [0.15, 0.2) is 8.32 Å². The van der Waals surface area contributed by atoms with Crippen molar-refractivity contribution in [1.29, 1.82) is 0 Å². The Balaban J connectivity index is 2.58. The van der Waals surface area contributed by atoms with E-state index in [9.17, 15) is 10.2 Å². The molecule has 20 heavy (non-hydrogen) atoms. The van der Waals surface area contributed by atoms with Crippen LogP contribution in [0.15, 0.2) is 0 Å². The molecule has 0 heterocycles. The summed E-state index contributed by atoms with van der Waals surface area (Å²) < 4.78 is 6.38. The summed E-state index contributed by atoms with van der Waals surface area (Å²) in [6, 6.07) is 0. The molecule has 0 aromatic heterocycles. The van der Waals surface area contributed by atoms with Crippen molar-refractivity contribution in [2.24, 2.45) is 5.92 Å². The summed E-state index contributed by atoms with van der Waals surface area (Å²) in [6.07, 6.45) is 1.02. The molecule has 0 saturated heterocycles. The molecule has 1 fully saturated rings. The quantitative estimate of drug-likeness (QED) is 0.672. The van der Waals surface area contributed by atoms with Gasteiger partial charge in [-0.3, -0.25) is 0 Å². The van der Waals surface area contributed by atoms with Crippen molar-refractivity contribution in [3.63, 3.8) is 0 Å². The fourth-order valence-electron chi connectivity index (χ4n) is 3.91. The van der Waals surface area contributed by atoms with Gasteiger partial charge in [0.25, 0.3) is 0 Å². The van der Waals surface area contributed by atoms with Crippen LogP contribution in [0.1, 0.15) is 61.3 Å². The number of aliphatic hydroxyl groups is 2. The Labute approximate surface area is 125 Å². The van der Waals surface area contributed by atoms with E-state index in [1.54, 1.807) is 0 Å². The van der Waals surface area contributed by atoms with Crippen molar-refractivity contribution in [3.8, 4) is 0 Å². The van der Waals surface area contributed by atoms with E-state index in [0.29, 0.717) is 29.7 Å². The highest BCUT2D eigenvalue weighted by Gasteiger charge is 2.49. The van der Waals surface area contributed by atoms with Crippen LogP contribution in [0.25, 0.3) is 0 Å². The topological polar surface area (TPSA) is 49.7 Å². The summed E-state index contributed by atoms with van der Waals surface area (Å²) in [5, 5.41) is 20.0. The van der Waals surface area contributed by atoms with Crippen LogP contribution in [0, 0.1) is 5.92 Å². The van der Waals surface area contributed by atoms with E-state index >= 15 is 0 Å². The second kappa shape index (κ2) is 6.47. The zero-order valence-electron chi connectivity index (χ0n) is 14.3. The molecule has 2 N–H and O–H groups in total. The third kappa shape index (κ3) is 3.84. The Bertz CT molecular complexity index is 291. The van der Waals surface area contributed by atoms with Crippen LogP contribution in [-0.4, -0.2) is 36.8 Å². The minimum Gasteiger partial charge on any atom is -0.413 e. The Kier molecular flexibility index (Phi) is 5.87. The Morgan fingerprint density at radius 2 is 1.50 bits per heavy atom. The van der Waals surface area contributed by atoms with E-state index in [2.05, 4.69) is 41.5 Å². The van der Waals surface area contributed by atoms with Crippen molar-refractivity contribution in [2.45, 2.75) is 89.6 Å². The lowest BCUT2D eigenvalue weighted by Crippen LogP contribution is -2.49. The lowest BCUT2D eigenvalue weighted by atomic mass is 10.1. The molecule has 120 valence electrons. The van der Waals surface area contributed by atoms with Gasteiger partial charge in [-0.25, -0.2) is 0 Å². The van der Waals surface area contributed by atoms with Crippen molar-refractivity contribution < 1.29 is 14.6 Å². The lowest BCUT2D eigenvalue weighted by Gasteiger charge is -2.42. The SMILES string of the molecule is CC(C)[Si](OC[C@H](O)C[C@H]1C[C@@]1(C)O)(C(C)C)C(C)C. The average molecular weight is 303 g/mol. The smallest absolute Gasteiger partial charge is 0.200 e. The molecule has 0 aromatic rings. The molecule has 0 amide bonds. The fourth-order valence-corrected chi connectivity index (χ4v) is 9.40. The highest BCUT2D eigenvalue weighted by atomic mass is 28.4. The van der Waals surface area contributed by atoms with E-state index in [1.807, 2.05) is 6.92 Å². The molecule has 1 saturated carbocycles. The summed E-state index contributed by atoms with van der Waals surface area (Å²) >= 11 is 0. The van der Waals surface area contributed by atoms with E-state index in [0.717, 1.165) is 6.42 Å². The van der Waals surface area contributed by atoms with Crippen molar-refractivity contribution in [2.75, 3.05) is 6.61 Å². The molecule has 0 bridgehead atoms. The summed E-state index contributed by atoms with van der Waals surface area (Å²) in [5.41, 5.74) is 1.07. The van der Waals surface area contributed by atoms with E-state index < -0.39 is 20.0 Å². The van der Waals surface area contributed by atoms with E-state index in [-0.39, 0.29) is 5.92 Å². The van der Waals surface area contributed by atoms with Crippen LogP contribution in [-0.2, 0) is 4.43 Å². The van der Waals surface area contributed by atoms with Crippen LogP contribution in [0.5, 0.6) is 0 Å². The van der Waals surface area contributed by atoms with Gasteiger partial charge in [-0.15, -0.1) is 0 Å². The predicted molar refractivity (Wildman–Crippen MR) is 86.4 cm³/mol. The first-order valence-corrected chi connectivity index (χ1v) is 10.2. The molecular weight excluding hydrogens is 268 g/mol. The van der Waals surface area contributed by atoms with Gasteiger partial charge < -0.3 is 14.6 Å². The van der Waals surface area contributed by atoms with Crippen LogP contribution in [0.4, 0.5) is 0 Å². The first-order valence-electron chi connectivity index (χ1n) is 8.08. The molecule has 0 radical (unpaired) electrons. The maximum atomic E-state index is 10.2. The lowest BCUT2D eigenvalue weighted by molar-refractivity contribution is 0.0710. The number of aliphatic hydroxyl groups excluding tert-OH is 1. The van der Waals surface area contributed by atoms with Gasteiger partial charge in [0.1, 0.15) is 0 Å². The average Bonchev–Trinajstić information content (AvgIpc) is 2.84. The van der Waals surface area contributed by atoms with Crippen LogP contribution in [0.2, 0.25) is 16.6 Å². The molecule has 0 unspecified atom stereocenters. The van der Waals surface area contributed by atoms with Gasteiger partial charge in [-0.1, -0.05) is 41.5 Å². The van der Waals surface area contributed by atoms with Gasteiger partial charge >= 0.3 is 0 Å². The van der Waals surface area contributed by atoms with Crippen LogP contribution >= 0.6 is 0 Å². The number of hydrogen-bond donors (Lipinski definition) is 2. The largest absolute Gasteiger partial charge is 0.413 e. The zero-order valence-corrected chi connectivity index (χ0v) is 15.3. The van der Waals surface area contributed by atoms with Crippen molar-refractivity contribution in [3.05, 3.63) is 0 Å². The first-order chi connectivity index (χ1) is 9.04. The molecule has 0 aliphatic heterocycles. The normalized spacial score (nSPS) is 28.5. The molecule has 3 nitrogen and oxygen atoms in total. The molecule has 3 atom stereocenters. The molecule has 4 heteroatoms. The summed E-state index contributed by atoms with van der Waals surface area (Å²) in [5.74, 6) is 0.245. The van der Waals surface area contributed by atoms with Gasteiger partial charge in [-0.2, -0.15) is 0 Å². The highest BCUT2D eigenvalue weighted by molar-refractivity contribution is 6.77. The van der Waals surface area contributed by atoms with Crippen molar-refractivity contribution >= 4 is 8.32 Å². The van der Waals surface area contributed by atoms with Gasteiger partial charge in [0.05, 0.1) is 18.3 Å². The Hall–Kier alpha value is 0.0969. The van der Waals surface area contributed by atoms with Crippen LogP contribution in [0.3, 0.4) is 0 Å². The standard InChI is InChI=1S/C16H34O3Si/c1-11(2)20(12(3)4,13(5)6)19-10-15(17)8-14-9-16(14,7)18/h11-15,17-18H,8-10H2,1-7H3/t14-,15+,16+/m0/s1. The summed E-state index contributed by atoms with van der Waals surface area (Å²) in [6.45, 7) is 15.8. The molecule has 0 aromatic carbocycles. The van der Waals surface area contributed by atoms with Crippen LogP contribution < -0.4 is 0 Å². The third-order valence-electron chi connectivity index (χ3n) is 5.17. The predicted octanol–water partition coefficient (Wildman–Crippen LogP) is 3.70. The molecule has 1 aliphatic carbocycles. The Morgan fingerprint density at radius 1 is 1.10 bits per heavy atom. The third-order valence-corrected chi connectivity index (χ3v) is 11.2. The summed E-state index contributed by atoms with van der Waals surface area (Å²) in [4.78, 5) is 0. The molecule has 1 rings (SSSR count). The fraction of sp³-hybridized carbons (Fsp3) is 1.00. The maximum Gasteiger partial charge on any atom is 0.200 e. The van der Waals surface area contributed by atoms with Crippen molar-refractivity contribution in [1.82, 2.24) is 0 Å². The van der Waals surface area contributed by atoms with E-state index in [4.69, 9.17) is 4.43 Å². The Morgan fingerprint density at radius 3 is 1.80 bits per heavy atom.